The van der Waals surface area contributed by atoms with E-state index < -0.39 is 35.9 Å². The van der Waals surface area contributed by atoms with Crippen LogP contribution in [0.4, 0.5) is 26.7 Å². The Morgan fingerprint density at radius 3 is 1.92 bits per heavy atom. The Hall–Kier alpha value is -3.99. The minimum atomic E-state index is -1.13. The van der Waals surface area contributed by atoms with Gasteiger partial charge in [-0.1, -0.05) is 97.7 Å². The van der Waals surface area contributed by atoms with Gasteiger partial charge in [0.1, 0.15) is 6.04 Å². The molecule has 0 saturated heterocycles. The van der Waals surface area contributed by atoms with Gasteiger partial charge in [-0.2, -0.15) is 0 Å². The number of amides is 3. The number of rotatable bonds is 17. The monoisotopic (exact) mass is 716 g/mol. The lowest BCUT2D eigenvalue weighted by Gasteiger charge is -2.32. The molecule has 0 bridgehead atoms. The molecule has 0 aliphatic carbocycles. The summed E-state index contributed by atoms with van der Waals surface area (Å²) in [5.41, 5.74) is 4.07. The molecule has 0 spiro atoms. The van der Waals surface area contributed by atoms with Gasteiger partial charge in [0.2, 0.25) is 0 Å². The lowest BCUT2D eigenvalue weighted by atomic mass is 9.79. The number of benzene rings is 2. The Morgan fingerprint density at radius 1 is 0.800 bits per heavy atom. The highest BCUT2D eigenvalue weighted by Crippen LogP contribution is 2.38. The average molecular weight is 717 g/mol. The van der Waals surface area contributed by atoms with Crippen LogP contribution in [-0.4, -0.2) is 49.3 Å². The third-order valence-corrected chi connectivity index (χ3v) is 8.17. The van der Waals surface area contributed by atoms with Crippen LogP contribution in [0, 0.1) is 36.5 Å². The number of carbonyl (C=O) groups is 4. The number of urea groups is 1. The second-order valence-electron chi connectivity index (χ2n) is 14.4. The normalized spacial score (nSPS) is 13.1. The molecule has 0 heterocycles. The van der Waals surface area contributed by atoms with Crippen molar-refractivity contribution in [2.45, 2.75) is 94.0 Å². The summed E-state index contributed by atoms with van der Waals surface area (Å²) in [7, 11) is 0. The molecule has 278 valence electrons. The Kier molecular flexibility index (Phi) is 17.4. The molecule has 3 amide bonds. The number of alkyl carbamates (subject to hydrolysis) is 1. The van der Waals surface area contributed by atoms with Crippen molar-refractivity contribution in [2.24, 2.45) is 29.6 Å². The number of hydrogen-bond acceptors (Lipinski definition) is 8. The minimum absolute atomic E-state index is 0.109. The zero-order valence-electron chi connectivity index (χ0n) is 31.3. The van der Waals surface area contributed by atoms with E-state index in [2.05, 4.69) is 53.3 Å². The molecule has 0 aliphatic rings. The van der Waals surface area contributed by atoms with Gasteiger partial charge < -0.3 is 25.6 Å². The van der Waals surface area contributed by atoms with E-state index in [1.165, 1.54) is 0 Å². The van der Waals surface area contributed by atoms with Crippen LogP contribution in [0.25, 0.3) is 0 Å². The number of nitrogens with zero attached hydrogens (tertiary/aromatic N) is 1. The van der Waals surface area contributed by atoms with E-state index in [4.69, 9.17) is 21.4 Å². The molecule has 2 unspecified atom stereocenters. The van der Waals surface area contributed by atoms with Gasteiger partial charge in [0.15, 0.2) is 6.07 Å². The van der Waals surface area contributed by atoms with E-state index in [-0.39, 0.29) is 23.9 Å². The van der Waals surface area contributed by atoms with Gasteiger partial charge in [0, 0.05) is 18.8 Å². The van der Waals surface area contributed by atoms with Crippen molar-refractivity contribution < 1.29 is 33.7 Å². The predicted octanol–water partition coefficient (Wildman–Crippen LogP) is 8.86. The second kappa shape index (κ2) is 20.6. The molecule has 0 saturated carbocycles. The lowest BCUT2D eigenvalue weighted by molar-refractivity contribution is -0.265. The summed E-state index contributed by atoms with van der Waals surface area (Å²) in [6, 6.07) is 11.6. The molecule has 0 radical (unpaired) electrons. The van der Waals surface area contributed by atoms with E-state index >= 15 is 0 Å². The molecule has 0 aromatic heterocycles. The maximum Gasteiger partial charge on any atom is 0.409 e. The second-order valence-corrected chi connectivity index (χ2v) is 14.6. The van der Waals surface area contributed by atoms with Crippen LogP contribution in [0.15, 0.2) is 42.5 Å². The van der Waals surface area contributed by atoms with Crippen LogP contribution in [-0.2, 0) is 24.1 Å². The number of nitrogens with one attached hydrogen (secondary N) is 3. The topological polar surface area (TPSA) is 135 Å². The van der Waals surface area contributed by atoms with Crippen molar-refractivity contribution in [1.29, 1.82) is 0 Å². The van der Waals surface area contributed by atoms with Crippen LogP contribution >= 0.6 is 11.6 Å². The first kappa shape index (κ1) is 42.2. The molecular weight excluding hydrogens is 660 g/mol. The molecule has 3 atom stereocenters. The number of ether oxygens (including phenoxy) is 1. The zero-order chi connectivity index (χ0) is 37.5. The van der Waals surface area contributed by atoms with E-state index in [9.17, 15) is 19.2 Å². The highest BCUT2D eigenvalue weighted by molar-refractivity contribution is 6.17. The van der Waals surface area contributed by atoms with E-state index in [1.54, 1.807) is 13.8 Å². The van der Waals surface area contributed by atoms with E-state index in [0.717, 1.165) is 29.9 Å². The third-order valence-electron chi connectivity index (χ3n) is 8.06. The quantitative estimate of drug-likeness (QED) is 0.0840. The lowest BCUT2D eigenvalue weighted by Crippen LogP contribution is -2.45. The van der Waals surface area contributed by atoms with Crippen LogP contribution in [0.5, 0.6) is 0 Å². The molecule has 12 heteroatoms. The average Bonchev–Trinajstić information content (AvgIpc) is 3.02. The summed E-state index contributed by atoms with van der Waals surface area (Å²) in [5, 5.41) is 8.40. The van der Waals surface area contributed by atoms with Crippen molar-refractivity contribution >= 4 is 52.7 Å². The SMILES string of the molecule is CC[C@H](c1ccc(N(CC(C)C)CC(C)C)c(NC(=O)Nc2ccc(C)cc2)c1)C(CC(C)C)C(=O)OOC(=O)C(NC(=O)OCCl)C(C)C. The Balaban J connectivity index is 2.47. The van der Waals surface area contributed by atoms with Crippen molar-refractivity contribution in [2.75, 3.05) is 34.7 Å². The number of carbonyl (C=O) groups excluding carboxylic acids is 4. The Morgan fingerprint density at radius 2 is 1.40 bits per heavy atom. The Bertz CT molecular complexity index is 1390. The van der Waals surface area contributed by atoms with Gasteiger partial charge in [-0.3, -0.25) is 0 Å². The van der Waals surface area contributed by atoms with E-state index in [1.807, 2.05) is 70.2 Å². The van der Waals surface area contributed by atoms with Crippen molar-refractivity contribution in [1.82, 2.24) is 5.32 Å². The smallest absolute Gasteiger partial charge is 0.409 e. The predicted molar refractivity (Wildman–Crippen MR) is 199 cm³/mol. The standard InChI is InChI=1S/C38H57ClN4O7/c1-11-30(31(18-23(2)3)35(44)49-50-36(45)34(26(8)9)42-38(47)48-22-39)28-14-17-33(43(20-24(4)5)21-25(6)7)32(19-28)41-37(46)40-29-15-12-27(10)13-16-29/h12-17,19,23-26,30-31,34H,11,18,20-22H2,1-10H3,(H,42,47)(H2,40,41,46)/t30-,31?,34?/m1/s1. The van der Waals surface area contributed by atoms with Crippen LogP contribution < -0.4 is 20.9 Å². The molecule has 0 fully saturated rings. The van der Waals surface area contributed by atoms with Crippen LogP contribution in [0.2, 0.25) is 0 Å². The largest absolute Gasteiger partial charge is 0.433 e. The molecule has 3 N–H and O–H groups in total. The molecule has 2 aromatic rings. The molecule has 2 aromatic carbocycles. The summed E-state index contributed by atoms with van der Waals surface area (Å²) >= 11 is 5.45. The summed E-state index contributed by atoms with van der Waals surface area (Å²) in [5.74, 6) is -2.20. The maximum absolute atomic E-state index is 13.7. The highest BCUT2D eigenvalue weighted by atomic mass is 35.5. The fourth-order valence-corrected chi connectivity index (χ4v) is 5.93. The number of hydrogen-bond donors (Lipinski definition) is 3. The first-order chi connectivity index (χ1) is 23.6. The van der Waals surface area contributed by atoms with Crippen molar-refractivity contribution in [3.8, 4) is 0 Å². The highest BCUT2D eigenvalue weighted by Gasteiger charge is 2.35. The first-order valence-electron chi connectivity index (χ1n) is 17.5. The third kappa shape index (κ3) is 13.7. The summed E-state index contributed by atoms with van der Waals surface area (Å²) in [6.07, 6.45) is 0.122. The van der Waals surface area contributed by atoms with Gasteiger partial charge in [-0.15, -0.1) is 0 Å². The maximum atomic E-state index is 13.7. The molecule has 2 rings (SSSR count). The molecular formula is C38H57ClN4O7. The first-order valence-corrected chi connectivity index (χ1v) is 18.0. The number of alkyl halides is 1. The van der Waals surface area contributed by atoms with Gasteiger partial charge in [0.25, 0.3) is 0 Å². The van der Waals surface area contributed by atoms with Gasteiger partial charge in [-0.25, -0.2) is 29.0 Å². The van der Waals surface area contributed by atoms with Crippen molar-refractivity contribution in [3.63, 3.8) is 0 Å². The molecule has 11 nitrogen and oxygen atoms in total. The van der Waals surface area contributed by atoms with Crippen molar-refractivity contribution in [3.05, 3.63) is 53.6 Å². The fraction of sp³-hybridized carbons (Fsp3) is 0.579. The zero-order valence-corrected chi connectivity index (χ0v) is 32.1. The van der Waals surface area contributed by atoms with Crippen LogP contribution in [0.1, 0.15) is 92.2 Å². The number of aryl methyl sites for hydroxylation is 1. The summed E-state index contributed by atoms with van der Waals surface area (Å²) in [4.78, 5) is 64.3. The fourth-order valence-electron chi connectivity index (χ4n) is 5.83. The molecule has 50 heavy (non-hydrogen) atoms. The molecule has 0 aliphatic heterocycles. The van der Waals surface area contributed by atoms with Gasteiger partial charge in [-0.05, 0) is 79.2 Å². The Labute approximate surface area is 303 Å². The van der Waals surface area contributed by atoms with Gasteiger partial charge >= 0.3 is 24.1 Å². The minimum Gasteiger partial charge on any atom is -0.433 e. The number of anilines is 3. The summed E-state index contributed by atoms with van der Waals surface area (Å²) in [6.45, 7) is 21.6. The van der Waals surface area contributed by atoms with E-state index in [0.29, 0.717) is 36.1 Å². The van der Waals surface area contributed by atoms with Crippen LogP contribution in [0.3, 0.4) is 0 Å². The number of halogens is 1. The summed E-state index contributed by atoms with van der Waals surface area (Å²) < 4.78 is 4.67. The van der Waals surface area contributed by atoms with Gasteiger partial charge in [0.05, 0.1) is 17.3 Å².